The summed E-state index contributed by atoms with van der Waals surface area (Å²) in [6.45, 7) is 2.06. The lowest BCUT2D eigenvalue weighted by molar-refractivity contribution is -0.121. The highest BCUT2D eigenvalue weighted by Gasteiger charge is 2.40. The van der Waals surface area contributed by atoms with E-state index in [4.69, 9.17) is 16.6 Å². The van der Waals surface area contributed by atoms with E-state index in [1.54, 1.807) is 59.9 Å². The number of rotatable bonds is 6. The third-order valence-electron chi connectivity index (χ3n) is 6.52. The van der Waals surface area contributed by atoms with Crippen LogP contribution in [0, 0.1) is 6.92 Å². The van der Waals surface area contributed by atoms with Crippen LogP contribution in [0.25, 0.3) is 20.8 Å². The van der Waals surface area contributed by atoms with Crippen molar-refractivity contribution in [2.75, 3.05) is 10.2 Å². The predicted molar refractivity (Wildman–Crippen MR) is 162 cm³/mol. The maximum atomic E-state index is 13.2. The van der Waals surface area contributed by atoms with Crippen molar-refractivity contribution in [3.63, 3.8) is 0 Å². The van der Waals surface area contributed by atoms with Gasteiger partial charge in [0.2, 0.25) is 11.8 Å². The first-order valence-corrected chi connectivity index (χ1v) is 14.6. The zero-order chi connectivity index (χ0) is 27.8. The molecule has 4 aromatic carbocycles. The van der Waals surface area contributed by atoms with E-state index in [0.717, 1.165) is 25.7 Å². The molecule has 9 heteroatoms. The number of halogens is 1. The number of anilines is 2. The topological polar surface area (TPSA) is 79.4 Å². The lowest BCUT2D eigenvalue weighted by Crippen LogP contribution is -2.31. The Kier molecular flexibility index (Phi) is 7.14. The first-order chi connectivity index (χ1) is 19.3. The van der Waals surface area contributed by atoms with Gasteiger partial charge in [0.15, 0.2) is 0 Å². The van der Waals surface area contributed by atoms with Crippen LogP contribution in [0.4, 0.5) is 11.4 Å². The van der Waals surface area contributed by atoms with Crippen LogP contribution in [0.3, 0.4) is 0 Å². The minimum atomic E-state index is -0.519. The molecular weight excluding hydrogens is 562 g/mol. The number of fused-ring (bicyclic) bond motifs is 1. The summed E-state index contributed by atoms with van der Waals surface area (Å²) < 4.78 is 1.13. The minimum Gasteiger partial charge on any atom is -0.322 e. The Hall–Kier alpha value is -3.98. The molecule has 6 rings (SSSR count). The lowest BCUT2D eigenvalue weighted by atomic mass is 10.2. The summed E-state index contributed by atoms with van der Waals surface area (Å²) in [5, 5.41) is 3.78. The van der Waals surface area contributed by atoms with Gasteiger partial charge in [0.1, 0.15) is 5.01 Å². The number of nitrogens with zero attached hydrogens (tertiary/aromatic N) is 2. The standard InChI is InChI=1S/C31H22ClN3O3S2/c1-18-2-15-25-26(16-18)40-30(34-25)20-5-11-23(12-6-20)35-28(36)17-27(31(35)38)39-24-13-9-22(10-14-24)33-29(37)19-3-7-21(32)8-4-19/h2-16,27H,17H2,1H3,(H,33,37). The number of hydrogen-bond acceptors (Lipinski definition) is 6. The van der Waals surface area contributed by atoms with Gasteiger partial charge >= 0.3 is 0 Å². The van der Waals surface area contributed by atoms with Gasteiger partial charge in [0.05, 0.1) is 21.2 Å². The van der Waals surface area contributed by atoms with Crippen LogP contribution in [0.1, 0.15) is 22.3 Å². The van der Waals surface area contributed by atoms with Crippen molar-refractivity contribution in [3.8, 4) is 10.6 Å². The highest BCUT2D eigenvalue weighted by Crippen LogP contribution is 2.36. The zero-order valence-electron chi connectivity index (χ0n) is 21.3. The number of thiazole rings is 1. The normalized spacial score (nSPS) is 15.2. The van der Waals surface area contributed by atoms with E-state index in [9.17, 15) is 14.4 Å². The molecule has 0 bridgehead atoms. The number of nitrogens with one attached hydrogen (secondary N) is 1. The molecule has 40 heavy (non-hydrogen) atoms. The third-order valence-corrected chi connectivity index (χ3v) is 9.03. The number of aryl methyl sites for hydroxylation is 1. The van der Waals surface area contributed by atoms with Crippen molar-refractivity contribution in [3.05, 3.63) is 107 Å². The monoisotopic (exact) mass is 583 g/mol. The Bertz CT molecular complexity index is 1750. The maximum Gasteiger partial charge on any atom is 0.255 e. The highest BCUT2D eigenvalue weighted by molar-refractivity contribution is 8.00. The molecule has 1 aliphatic rings. The fraction of sp³-hybridized carbons (Fsp3) is 0.0968. The Morgan fingerprint density at radius 1 is 0.975 bits per heavy atom. The largest absolute Gasteiger partial charge is 0.322 e. The highest BCUT2D eigenvalue weighted by atomic mass is 35.5. The van der Waals surface area contributed by atoms with Gasteiger partial charge in [-0.15, -0.1) is 23.1 Å². The van der Waals surface area contributed by atoms with Crippen molar-refractivity contribution in [1.82, 2.24) is 4.98 Å². The summed E-state index contributed by atoms with van der Waals surface area (Å²) in [6.07, 6.45) is 0.123. The summed E-state index contributed by atoms with van der Waals surface area (Å²) in [5.74, 6) is -0.704. The molecule has 3 amide bonds. The fourth-order valence-electron chi connectivity index (χ4n) is 4.46. The van der Waals surface area contributed by atoms with Gasteiger partial charge in [-0.05, 0) is 97.4 Å². The van der Waals surface area contributed by atoms with Crippen molar-refractivity contribution in [2.24, 2.45) is 0 Å². The fourth-order valence-corrected chi connectivity index (χ4v) is 6.71. The van der Waals surface area contributed by atoms with Crippen LogP contribution in [0.5, 0.6) is 0 Å². The van der Waals surface area contributed by atoms with Crippen molar-refractivity contribution < 1.29 is 14.4 Å². The second kappa shape index (κ2) is 10.9. The smallest absolute Gasteiger partial charge is 0.255 e. The van der Waals surface area contributed by atoms with E-state index in [1.807, 2.05) is 36.4 Å². The molecule has 1 atom stereocenters. The van der Waals surface area contributed by atoms with Gasteiger partial charge in [-0.25, -0.2) is 9.88 Å². The van der Waals surface area contributed by atoms with Crippen LogP contribution in [0.15, 0.2) is 95.9 Å². The summed E-state index contributed by atoms with van der Waals surface area (Å²) in [4.78, 5) is 45.3. The first kappa shape index (κ1) is 26.3. The number of thioether (sulfide) groups is 1. The molecule has 1 aromatic heterocycles. The molecule has 1 fully saturated rings. The van der Waals surface area contributed by atoms with E-state index in [0.29, 0.717) is 22.0 Å². The number of carbonyl (C=O) groups is 3. The van der Waals surface area contributed by atoms with E-state index in [-0.39, 0.29) is 24.1 Å². The number of benzene rings is 4. The Balaban J connectivity index is 1.11. The van der Waals surface area contributed by atoms with E-state index in [1.165, 1.54) is 22.2 Å². The van der Waals surface area contributed by atoms with Crippen molar-refractivity contribution in [2.45, 2.75) is 23.5 Å². The number of amides is 3. The molecule has 1 unspecified atom stereocenters. The summed E-state index contributed by atoms with van der Waals surface area (Å²) in [5.41, 5.74) is 4.77. The van der Waals surface area contributed by atoms with Gasteiger partial charge in [-0.1, -0.05) is 17.7 Å². The SMILES string of the molecule is Cc1ccc2nc(-c3ccc(N4C(=O)CC(Sc5ccc(NC(=O)c6ccc(Cl)cc6)cc5)C4=O)cc3)sc2c1. The lowest BCUT2D eigenvalue weighted by Gasteiger charge is -2.15. The number of aromatic nitrogens is 1. The van der Waals surface area contributed by atoms with Crippen molar-refractivity contribution >= 4 is 74.0 Å². The maximum absolute atomic E-state index is 13.2. The van der Waals surface area contributed by atoms with Crippen LogP contribution in [0.2, 0.25) is 5.02 Å². The molecule has 198 valence electrons. The van der Waals surface area contributed by atoms with Gasteiger partial charge in [-0.2, -0.15) is 0 Å². The van der Waals surface area contributed by atoms with Gasteiger partial charge in [0.25, 0.3) is 5.91 Å². The quantitative estimate of drug-likeness (QED) is 0.208. The average Bonchev–Trinajstić information content (AvgIpc) is 3.49. The predicted octanol–water partition coefficient (Wildman–Crippen LogP) is 7.60. The van der Waals surface area contributed by atoms with E-state index in [2.05, 4.69) is 18.3 Å². The first-order valence-electron chi connectivity index (χ1n) is 12.5. The molecule has 0 radical (unpaired) electrons. The molecule has 2 heterocycles. The van der Waals surface area contributed by atoms with Crippen LogP contribution >= 0.6 is 34.7 Å². The zero-order valence-corrected chi connectivity index (χ0v) is 23.6. The van der Waals surface area contributed by atoms with Gasteiger partial charge < -0.3 is 5.32 Å². The minimum absolute atomic E-state index is 0.123. The second-order valence-corrected chi connectivity index (χ2v) is 12.1. The molecule has 0 saturated carbocycles. The molecule has 1 N–H and O–H groups in total. The third kappa shape index (κ3) is 5.38. The Labute approximate surface area is 244 Å². The number of carbonyl (C=O) groups excluding carboxylic acids is 3. The molecule has 0 aliphatic carbocycles. The van der Waals surface area contributed by atoms with Gasteiger partial charge in [0, 0.05) is 33.2 Å². The molecule has 1 saturated heterocycles. The molecule has 0 spiro atoms. The second-order valence-electron chi connectivity index (χ2n) is 9.40. The summed E-state index contributed by atoms with van der Waals surface area (Å²) in [7, 11) is 0. The molecule has 6 nitrogen and oxygen atoms in total. The van der Waals surface area contributed by atoms with E-state index >= 15 is 0 Å². The Morgan fingerprint density at radius 3 is 2.42 bits per heavy atom. The van der Waals surface area contributed by atoms with Crippen molar-refractivity contribution in [1.29, 1.82) is 0 Å². The summed E-state index contributed by atoms with van der Waals surface area (Å²) >= 11 is 8.85. The number of hydrogen-bond donors (Lipinski definition) is 1. The van der Waals surface area contributed by atoms with E-state index < -0.39 is 5.25 Å². The average molecular weight is 584 g/mol. The van der Waals surface area contributed by atoms with Crippen LogP contribution < -0.4 is 10.2 Å². The van der Waals surface area contributed by atoms with Crippen LogP contribution in [-0.4, -0.2) is 28.0 Å². The number of imide groups is 1. The molecule has 1 aliphatic heterocycles. The van der Waals surface area contributed by atoms with Crippen LogP contribution in [-0.2, 0) is 9.59 Å². The van der Waals surface area contributed by atoms with Gasteiger partial charge in [-0.3, -0.25) is 14.4 Å². The molecular formula is C31H22ClN3O3S2. The summed E-state index contributed by atoms with van der Waals surface area (Å²) in [6, 6.07) is 27.4. The Morgan fingerprint density at radius 2 is 1.70 bits per heavy atom. The molecule has 5 aromatic rings.